The standard InChI is InChI=1S/C20H25N3O3S/c1-4-10-25-13-17-12-18-19(27-17)20(24)23(14-21-18)15-5-7-16(8-6-15)26-11-9-22(2)3/h5-8,12,14H,4,9-11,13H2,1-3H3. The number of ether oxygens (including phenoxy) is 2. The van der Waals surface area contributed by atoms with Crippen LogP contribution in [0.15, 0.2) is 41.5 Å². The van der Waals surface area contributed by atoms with E-state index in [-0.39, 0.29) is 5.56 Å². The lowest BCUT2D eigenvalue weighted by Crippen LogP contribution is -2.19. The molecule has 3 aromatic rings. The molecule has 0 N–H and O–H groups in total. The molecule has 2 aromatic heterocycles. The average molecular weight is 388 g/mol. The Morgan fingerprint density at radius 3 is 2.67 bits per heavy atom. The quantitative estimate of drug-likeness (QED) is 0.527. The Labute approximate surface area is 163 Å². The van der Waals surface area contributed by atoms with Gasteiger partial charge in [0.15, 0.2) is 0 Å². The van der Waals surface area contributed by atoms with Gasteiger partial charge in [-0.05, 0) is 50.8 Å². The molecule has 7 heteroatoms. The first-order valence-electron chi connectivity index (χ1n) is 9.04. The van der Waals surface area contributed by atoms with Crippen molar-refractivity contribution in [3.63, 3.8) is 0 Å². The Bertz CT molecular complexity index is 932. The number of hydrogen-bond donors (Lipinski definition) is 0. The number of benzene rings is 1. The molecular formula is C20H25N3O3S. The monoisotopic (exact) mass is 387 g/mol. The van der Waals surface area contributed by atoms with Crippen LogP contribution in [0.3, 0.4) is 0 Å². The summed E-state index contributed by atoms with van der Waals surface area (Å²) in [6.07, 6.45) is 2.56. The normalized spacial score (nSPS) is 11.4. The van der Waals surface area contributed by atoms with Gasteiger partial charge >= 0.3 is 0 Å². The number of aromatic nitrogens is 2. The van der Waals surface area contributed by atoms with Crippen molar-refractivity contribution in [1.82, 2.24) is 14.5 Å². The molecule has 0 saturated heterocycles. The predicted molar refractivity (Wildman–Crippen MR) is 109 cm³/mol. The fourth-order valence-electron chi connectivity index (χ4n) is 2.58. The van der Waals surface area contributed by atoms with Crippen molar-refractivity contribution >= 4 is 21.6 Å². The zero-order chi connectivity index (χ0) is 19.2. The highest BCUT2D eigenvalue weighted by molar-refractivity contribution is 7.18. The third-order valence-electron chi connectivity index (χ3n) is 4.00. The second-order valence-electron chi connectivity index (χ2n) is 6.55. The summed E-state index contributed by atoms with van der Waals surface area (Å²) in [6, 6.07) is 9.43. The molecule has 0 fully saturated rings. The SMILES string of the molecule is CCCOCc1cc2ncn(-c3ccc(OCCN(C)C)cc3)c(=O)c2s1. The molecule has 3 rings (SSSR count). The van der Waals surface area contributed by atoms with Crippen molar-refractivity contribution in [3.8, 4) is 11.4 Å². The Hall–Kier alpha value is -2.22. The molecule has 0 bridgehead atoms. The number of fused-ring (bicyclic) bond motifs is 1. The second-order valence-corrected chi connectivity index (χ2v) is 7.68. The van der Waals surface area contributed by atoms with Gasteiger partial charge in [0.1, 0.15) is 23.4 Å². The maximum absolute atomic E-state index is 12.9. The molecule has 0 aliphatic heterocycles. The van der Waals surface area contributed by atoms with Crippen LogP contribution in [0, 0.1) is 0 Å². The molecule has 6 nitrogen and oxygen atoms in total. The Kier molecular flexibility index (Phi) is 6.60. The van der Waals surface area contributed by atoms with Gasteiger partial charge in [0.25, 0.3) is 5.56 Å². The highest BCUT2D eigenvalue weighted by atomic mass is 32.1. The van der Waals surface area contributed by atoms with Gasteiger partial charge in [0.05, 0.1) is 17.8 Å². The average Bonchev–Trinajstić information content (AvgIpc) is 3.07. The van der Waals surface area contributed by atoms with Crippen molar-refractivity contribution in [1.29, 1.82) is 0 Å². The van der Waals surface area contributed by atoms with Crippen LogP contribution >= 0.6 is 11.3 Å². The molecule has 144 valence electrons. The fraction of sp³-hybridized carbons (Fsp3) is 0.400. The van der Waals surface area contributed by atoms with Crippen molar-refractivity contribution < 1.29 is 9.47 Å². The lowest BCUT2D eigenvalue weighted by Gasteiger charge is -2.11. The van der Waals surface area contributed by atoms with E-state index in [4.69, 9.17) is 9.47 Å². The topological polar surface area (TPSA) is 56.6 Å². The van der Waals surface area contributed by atoms with E-state index < -0.39 is 0 Å². The highest BCUT2D eigenvalue weighted by Crippen LogP contribution is 2.22. The Balaban J connectivity index is 1.78. The van der Waals surface area contributed by atoms with Gasteiger partial charge in [-0.2, -0.15) is 0 Å². The van der Waals surface area contributed by atoms with Crippen LogP contribution in [0.4, 0.5) is 0 Å². The third kappa shape index (κ3) is 4.94. The number of rotatable bonds is 9. The summed E-state index contributed by atoms with van der Waals surface area (Å²) in [5, 5.41) is 0. The van der Waals surface area contributed by atoms with Crippen molar-refractivity contribution in [2.45, 2.75) is 20.0 Å². The molecule has 1 aromatic carbocycles. The molecule has 2 heterocycles. The number of thiophene rings is 1. The Morgan fingerprint density at radius 2 is 1.96 bits per heavy atom. The number of likely N-dealkylation sites (N-methyl/N-ethyl adjacent to an activating group) is 1. The van der Waals surface area contributed by atoms with Gasteiger partial charge in [0.2, 0.25) is 0 Å². The number of nitrogens with zero attached hydrogens (tertiary/aromatic N) is 3. The summed E-state index contributed by atoms with van der Waals surface area (Å²) >= 11 is 1.45. The molecule has 0 radical (unpaired) electrons. The largest absolute Gasteiger partial charge is 0.492 e. The minimum absolute atomic E-state index is 0.0620. The van der Waals surface area contributed by atoms with E-state index in [0.29, 0.717) is 17.9 Å². The highest BCUT2D eigenvalue weighted by Gasteiger charge is 2.10. The van der Waals surface area contributed by atoms with Crippen molar-refractivity contribution in [2.24, 2.45) is 0 Å². The van der Waals surface area contributed by atoms with Crippen LogP contribution in [0.2, 0.25) is 0 Å². The molecule has 27 heavy (non-hydrogen) atoms. The molecule has 0 aliphatic carbocycles. The third-order valence-corrected chi connectivity index (χ3v) is 5.09. The van der Waals surface area contributed by atoms with E-state index in [9.17, 15) is 4.79 Å². The van der Waals surface area contributed by atoms with Crippen LogP contribution in [-0.4, -0.2) is 48.3 Å². The summed E-state index contributed by atoms with van der Waals surface area (Å²) in [5.41, 5.74) is 1.43. The van der Waals surface area contributed by atoms with Gasteiger partial charge in [-0.1, -0.05) is 6.92 Å². The Morgan fingerprint density at radius 1 is 1.19 bits per heavy atom. The minimum Gasteiger partial charge on any atom is -0.492 e. The van der Waals surface area contributed by atoms with Gasteiger partial charge < -0.3 is 14.4 Å². The first-order valence-corrected chi connectivity index (χ1v) is 9.86. The zero-order valence-electron chi connectivity index (χ0n) is 16.0. The molecule has 0 saturated carbocycles. The van der Waals surface area contributed by atoms with Crippen LogP contribution < -0.4 is 10.3 Å². The van der Waals surface area contributed by atoms with E-state index in [1.807, 2.05) is 44.4 Å². The molecule has 0 unspecified atom stereocenters. The van der Waals surface area contributed by atoms with Crippen molar-refractivity contribution in [2.75, 3.05) is 33.9 Å². The molecule has 0 spiro atoms. The van der Waals surface area contributed by atoms with Crippen LogP contribution in [0.1, 0.15) is 18.2 Å². The van der Waals surface area contributed by atoms with Crippen LogP contribution in [-0.2, 0) is 11.3 Å². The maximum Gasteiger partial charge on any atom is 0.275 e. The smallest absolute Gasteiger partial charge is 0.275 e. The fourth-order valence-corrected chi connectivity index (χ4v) is 3.56. The summed E-state index contributed by atoms with van der Waals surface area (Å²) in [4.78, 5) is 20.4. The minimum atomic E-state index is -0.0620. The van der Waals surface area contributed by atoms with Gasteiger partial charge in [0, 0.05) is 18.0 Å². The van der Waals surface area contributed by atoms with E-state index in [2.05, 4.69) is 16.8 Å². The van der Waals surface area contributed by atoms with E-state index in [1.54, 1.807) is 10.9 Å². The zero-order valence-corrected chi connectivity index (χ0v) is 16.8. The van der Waals surface area contributed by atoms with Crippen molar-refractivity contribution in [3.05, 3.63) is 51.9 Å². The van der Waals surface area contributed by atoms with E-state index >= 15 is 0 Å². The first kappa shape index (κ1) is 19.5. The molecular weight excluding hydrogens is 362 g/mol. The second kappa shape index (κ2) is 9.12. The first-order chi connectivity index (χ1) is 13.1. The van der Waals surface area contributed by atoms with Gasteiger partial charge in [-0.25, -0.2) is 4.98 Å². The molecule has 0 atom stereocenters. The van der Waals surface area contributed by atoms with E-state index in [0.717, 1.165) is 41.4 Å². The lowest BCUT2D eigenvalue weighted by molar-refractivity contribution is 0.123. The van der Waals surface area contributed by atoms with Gasteiger partial charge in [-0.3, -0.25) is 9.36 Å². The predicted octanol–water partition coefficient (Wildman–Crippen LogP) is 3.31. The van der Waals surface area contributed by atoms with Crippen LogP contribution in [0.5, 0.6) is 5.75 Å². The number of hydrogen-bond acceptors (Lipinski definition) is 6. The van der Waals surface area contributed by atoms with Gasteiger partial charge in [-0.15, -0.1) is 11.3 Å². The molecule has 0 amide bonds. The molecule has 0 aliphatic rings. The summed E-state index contributed by atoms with van der Waals surface area (Å²) < 4.78 is 13.5. The maximum atomic E-state index is 12.9. The van der Waals surface area contributed by atoms with Crippen LogP contribution in [0.25, 0.3) is 15.9 Å². The summed E-state index contributed by atoms with van der Waals surface area (Å²) in [5.74, 6) is 0.786. The summed E-state index contributed by atoms with van der Waals surface area (Å²) in [7, 11) is 4.02. The van der Waals surface area contributed by atoms with E-state index in [1.165, 1.54) is 11.3 Å². The lowest BCUT2D eigenvalue weighted by atomic mass is 10.3. The summed E-state index contributed by atoms with van der Waals surface area (Å²) in [6.45, 7) is 4.79.